The number of hydrogen-bond donors (Lipinski definition) is 2. The van der Waals surface area contributed by atoms with Gasteiger partial charge in [0.05, 0.1) is 17.2 Å². The van der Waals surface area contributed by atoms with Crippen molar-refractivity contribution in [1.82, 2.24) is 15.2 Å². The first-order valence-electron chi connectivity index (χ1n) is 5.48. The molecule has 1 saturated heterocycles. The molecule has 2 rings (SSSR count). The summed E-state index contributed by atoms with van der Waals surface area (Å²) in [5.74, 6) is -0.188. The molecule has 92 valence electrons. The third kappa shape index (κ3) is 2.14. The molecule has 1 aromatic rings. The van der Waals surface area contributed by atoms with E-state index >= 15 is 0 Å². The highest BCUT2D eigenvalue weighted by molar-refractivity contribution is 5.93. The molecule has 0 saturated carbocycles. The van der Waals surface area contributed by atoms with Gasteiger partial charge in [-0.05, 0) is 6.92 Å². The first kappa shape index (κ1) is 11.6. The van der Waals surface area contributed by atoms with Crippen molar-refractivity contribution in [3.8, 4) is 0 Å². The molecule has 17 heavy (non-hydrogen) atoms. The maximum atomic E-state index is 12.1. The predicted octanol–water partition coefficient (Wildman–Crippen LogP) is 0.357. The normalized spacial score (nSPS) is 15.4. The minimum Gasteiger partial charge on any atom is -0.351 e. The standard InChI is InChI=1S/C10H14N4O3/c1-2-13(8-4-11-5-8)10(15)9-3-7(6-12-9)14(16)17/h3,6,8,11-12H,2,4-5H2,1H3. The number of aromatic nitrogens is 1. The fourth-order valence-electron chi connectivity index (χ4n) is 1.83. The van der Waals surface area contributed by atoms with Crippen LogP contribution < -0.4 is 5.32 Å². The summed E-state index contributed by atoms with van der Waals surface area (Å²) in [6.07, 6.45) is 1.24. The number of nitrogens with one attached hydrogen (secondary N) is 2. The molecule has 1 amide bonds. The van der Waals surface area contributed by atoms with Gasteiger partial charge in [0.1, 0.15) is 5.69 Å². The number of hydrogen-bond acceptors (Lipinski definition) is 4. The van der Waals surface area contributed by atoms with Crippen LogP contribution in [0, 0.1) is 10.1 Å². The molecule has 7 heteroatoms. The summed E-state index contributed by atoms with van der Waals surface area (Å²) in [7, 11) is 0. The Morgan fingerprint density at radius 2 is 2.35 bits per heavy atom. The van der Waals surface area contributed by atoms with E-state index in [1.807, 2.05) is 6.92 Å². The SMILES string of the molecule is CCN(C(=O)c1cc([N+](=O)[O-])c[nH]1)C1CNC1. The van der Waals surface area contributed by atoms with E-state index in [0.717, 1.165) is 13.1 Å². The zero-order chi connectivity index (χ0) is 12.4. The van der Waals surface area contributed by atoms with Crippen LogP contribution in [0.2, 0.25) is 0 Å². The summed E-state index contributed by atoms with van der Waals surface area (Å²) in [6.45, 7) is 4.05. The first-order chi connectivity index (χ1) is 8.13. The fourth-order valence-corrected chi connectivity index (χ4v) is 1.83. The molecule has 1 aliphatic rings. The lowest BCUT2D eigenvalue weighted by Gasteiger charge is -2.37. The van der Waals surface area contributed by atoms with E-state index in [9.17, 15) is 14.9 Å². The molecule has 0 bridgehead atoms. The molecule has 2 N–H and O–H groups in total. The van der Waals surface area contributed by atoms with Crippen molar-refractivity contribution < 1.29 is 9.72 Å². The second kappa shape index (κ2) is 4.54. The number of aromatic amines is 1. The average Bonchev–Trinajstić information content (AvgIpc) is 2.71. The van der Waals surface area contributed by atoms with Crippen LogP contribution in [-0.2, 0) is 0 Å². The number of carbonyl (C=O) groups excluding carboxylic acids is 1. The largest absolute Gasteiger partial charge is 0.351 e. The summed E-state index contributed by atoms with van der Waals surface area (Å²) in [5.41, 5.74) is 0.182. The van der Waals surface area contributed by atoms with Crippen LogP contribution >= 0.6 is 0 Å². The molecule has 7 nitrogen and oxygen atoms in total. The maximum Gasteiger partial charge on any atom is 0.287 e. The van der Waals surface area contributed by atoms with Gasteiger partial charge in [-0.2, -0.15) is 0 Å². The third-order valence-electron chi connectivity index (χ3n) is 2.91. The van der Waals surface area contributed by atoms with Crippen LogP contribution in [0.3, 0.4) is 0 Å². The van der Waals surface area contributed by atoms with E-state index in [1.165, 1.54) is 12.3 Å². The third-order valence-corrected chi connectivity index (χ3v) is 2.91. The Hall–Kier alpha value is -1.89. The van der Waals surface area contributed by atoms with E-state index in [4.69, 9.17) is 0 Å². The van der Waals surface area contributed by atoms with Crippen molar-refractivity contribution >= 4 is 11.6 Å². The zero-order valence-corrected chi connectivity index (χ0v) is 9.47. The van der Waals surface area contributed by atoms with Crippen LogP contribution in [0.25, 0.3) is 0 Å². The smallest absolute Gasteiger partial charge is 0.287 e. The molecule has 0 aromatic carbocycles. The Morgan fingerprint density at radius 1 is 1.65 bits per heavy atom. The topological polar surface area (TPSA) is 91.3 Å². The average molecular weight is 238 g/mol. The minimum atomic E-state index is -0.519. The van der Waals surface area contributed by atoms with Gasteiger partial charge in [-0.3, -0.25) is 14.9 Å². The minimum absolute atomic E-state index is 0.0869. The van der Waals surface area contributed by atoms with E-state index < -0.39 is 4.92 Å². The van der Waals surface area contributed by atoms with E-state index in [1.54, 1.807) is 4.90 Å². The quantitative estimate of drug-likeness (QED) is 0.585. The lowest BCUT2D eigenvalue weighted by molar-refractivity contribution is -0.384. The number of carbonyl (C=O) groups is 1. The van der Waals surface area contributed by atoms with Crippen molar-refractivity contribution in [3.63, 3.8) is 0 Å². The summed E-state index contributed by atoms with van der Waals surface area (Å²) < 4.78 is 0. The van der Waals surface area contributed by atoms with Crippen molar-refractivity contribution in [2.24, 2.45) is 0 Å². The van der Waals surface area contributed by atoms with Gasteiger partial charge in [0.15, 0.2) is 0 Å². The summed E-state index contributed by atoms with van der Waals surface area (Å²) in [5, 5.41) is 13.6. The summed E-state index contributed by atoms with van der Waals surface area (Å²) in [6, 6.07) is 1.46. The molecule has 0 spiro atoms. The van der Waals surface area contributed by atoms with Gasteiger partial charge >= 0.3 is 0 Å². The molecule has 1 aromatic heterocycles. The van der Waals surface area contributed by atoms with E-state index in [0.29, 0.717) is 6.54 Å². The van der Waals surface area contributed by atoms with E-state index in [2.05, 4.69) is 10.3 Å². The van der Waals surface area contributed by atoms with Crippen molar-refractivity contribution in [2.75, 3.05) is 19.6 Å². The number of rotatable bonds is 4. The van der Waals surface area contributed by atoms with Crippen LogP contribution in [0.4, 0.5) is 5.69 Å². The Morgan fingerprint density at radius 3 is 2.76 bits per heavy atom. The van der Waals surface area contributed by atoms with Crippen molar-refractivity contribution in [1.29, 1.82) is 0 Å². The molecule has 0 atom stereocenters. The number of nitro groups is 1. The van der Waals surface area contributed by atoms with Gasteiger partial charge in [-0.15, -0.1) is 0 Å². The number of nitrogens with zero attached hydrogens (tertiary/aromatic N) is 2. The number of H-pyrrole nitrogens is 1. The molecule has 0 radical (unpaired) electrons. The number of amides is 1. The van der Waals surface area contributed by atoms with Crippen LogP contribution in [0.1, 0.15) is 17.4 Å². The first-order valence-corrected chi connectivity index (χ1v) is 5.48. The summed E-state index contributed by atoms with van der Waals surface area (Å²) in [4.78, 5) is 26.5. The van der Waals surface area contributed by atoms with Crippen molar-refractivity contribution in [2.45, 2.75) is 13.0 Å². The van der Waals surface area contributed by atoms with Gasteiger partial charge in [-0.1, -0.05) is 0 Å². The Bertz CT molecular complexity index is 439. The maximum absolute atomic E-state index is 12.1. The molecule has 0 unspecified atom stereocenters. The summed E-state index contributed by atoms with van der Waals surface area (Å²) >= 11 is 0. The molecule has 1 fully saturated rings. The van der Waals surface area contributed by atoms with Gasteiger partial charge in [0.2, 0.25) is 0 Å². The van der Waals surface area contributed by atoms with E-state index in [-0.39, 0.29) is 23.3 Å². The van der Waals surface area contributed by atoms with Crippen LogP contribution in [0.5, 0.6) is 0 Å². The number of likely N-dealkylation sites (N-methyl/N-ethyl adjacent to an activating group) is 1. The molecule has 0 aliphatic carbocycles. The Balaban J connectivity index is 2.13. The van der Waals surface area contributed by atoms with Gasteiger partial charge in [0, 0.05) is 25.7 Å². The highest BCUT2D eigenvalue weighted by Crippen LogP contribution is 2.16. The highest BCUT2D eigenvalue weighted by atomic mass is 16.6. The highest BCUT2D eigenvalue weighted by Gasteiger charge is 2.29. The van der Waals surface area contributed by atoms with Crippen LogP contribution in [-0.4, -0.2) is 46.4 Å². The zero-order valence-electron chi connectivity index (χ0n) is 9.47. The Kier molecular flexibility index (Phi) is 3.10. The van der Waals surface area contributed by atoms with Crippen molar-refractivity contribution in [3.05, 3.63) is 28.1 Å². The predicted molar refractivity (Wildman–Crippen MR) is 60.8 cm³/mol. The van der Waals surface area contributed by atoms with Gasteiger partial charge < -0.3 is 15.2 Å². The van der Waals surface area contributed by atoms with Gasteiger partial charge in [-0.25, -0.2) is 0 Å². The molecular formula is C10H14N4O3. The Labute approximate surface area is 97.9 Å². The lowest BCUT2D eigenvalue weighted by Crippen LogP contribution is -2.58. The second-order valence-corrected chi connectivity index (χ2v) is 3.93. The molecule has 2 heterocycles. The lowest BCUT2D eigenvalue weighted by atomic mass is 10.1. The van der Waals surface area contributed by atoms with Gasteiger partial charge in [0.25, 0.3) is 11.6 Å². The fraction of sp³-hybridized carbons (Fsp3) is 0.500. The molecular weight excluding hydrogens is 224 g/mol. The van der Waals surface area contributed by atoms with Crippen LogP contribution in [0.15, 0.2) is 12.3 Å². The molecule has 1 aliphatic heterocycles. The monoisotopic (exact) mass is 238 g/mol. The second-order valence-electron chi connectivity index (χ2n) is 3.93.